The Kier molecular flexibility index (Phi) is 6.08. The van der Waals surface area contributed by atoms with Crippen molar-refractivity contribution < 1.29 is 13.9 Å². The van der Waals surface area contributed by atoms with Gasteiger partial charge in [0.15, 0.2) is 5.13 Å². The van der Waals surface area contributed by atoms with Crippen LogP contribution in [0.2, 0.25) is 0 Å². The summed E-state index contributed by atoms with van der Waals surface area (Å²) in [6.07, 6.45) is 3.61. The third kappa shape index (κ3) is 4.94. The second-order valence-corrected chi connectivity index (χ2v) is 7.91. The minimum atomic E-state index is -0.266. The molecular weight excluding hydrogens is 353 g/mol. The monoisotopic (exact) mass is 377 g/mol. The number of nitrogens with one attached hydrogen (secondary N) is 1. The van der Waals surface area contributed by atoms with E-state index in [4.69, 9.17) is 4.74 Å². The Labute approximate surface area is 157 Å². The van der Waals surface area contributed by atoms with Gasteiger partial charge in [-0.05, 0) is 48.9 Å². The van der Waals surface area contributed by atoms with Crippen molar-refractivity contribution in [3.8, 4) is 5.75 Å². The number of carbonyl (C=O) groups is 1. The first-order valence-corrected chi connectivity index (χ1v) is 9.73. The zero-order valence-corrected chi connectivity index (χ0v) is 15.9. The number of anilines is 1. The Hall–Kier alpha value is -2.15. The van der Waals surface area contributed by atoms with Crippen LogP contribution in [-0.2, 0) is 0 Å². The van der Waals surface area contributed by atoms with Crippen LogP contribution < -0.4 is 10.1 Å². The van der Waals surface area contributed by atoms with Gasteiger partial charge in [0.25, 0.3) is 0 Å². The molecule has 2 amide bonds. The molecule has 1 N–H and O–H groups in total. The summed E-state index contributed by atoms with van der Waals surface area (Å²) >= 11 is 1.52. The molecule has 1 aromatic carbocycles. The molecular formula is C19H24FN3O2S. The Balaban J connectivity index is 1.42. The predicted octanol–water partition coefficient (Wildman–Crippen LogP) is 4.73. The third-order valence-electron chi connectivity index (χ3n) is 4.51. The summed E-state index contributed by atoms with van der Waals surface area (Å²) in [6.45, 7) is 6.21. The molecule has 1 aliphatic rings. The van der Waals surface area contributed by atoms with E-state index < -0.39 is 0 Å². The number of amides is 2. The maximum absolute atomic E-state index is 12.9. The molecule has 0 bridgehead atoms. The van der Waals surface area contributed by atoms with Gasteiger partial charge in [-0.15, -0.1) is 11.3 Å². The number of nitrogens with zero attached hydrogens (tertiary/aromatic N) is 2. The highest BCUT2D eigenvalue weighted by molar-refractivity contribution is 7.15. The topological polar surface area (TPSA) is 54.5 Å². The molecule has 26 heavy (non-hydrogen) atoms. The van der Waals surface area contributed by atoms with Gasteiger partial charge in [0, 0.05) is 24.2 Å². The lowest BCUT2D eigenvalue weighted by Gasteiger charge is -2.31. The summed E-state index contributed by atoms with van der Waals surface area (Å²) in [6, 6.07) is 5.97. The minimum Gasteiger partial charge on any atom is -0.493 e. The molecule has 140 valence electrons. The van der Waals surface area contributed by atoms with E-state index in [2.05, 4.69) is 24.1 Å². The minimum absolute atomic E-state index is 0.0902. The van der Waals surface area contributed by atoms with Crippen molar-refractivity contribution in [1.82, 2.24) is 9.88 Å². The van der Waals surface area contributed by atoms with E-state index in [1.165, 1.54) is 23.5 Å². The smallest absolute Gasteiger partial charge is 0.323 e. The van der Waals surface area contributed by atoms with Crippen molar-refractivity contribution in [3.63, 3.8) is 0 Å². The average molecular weight is 377 g/mol. The number of piperidine rings is 1. The van der Waals surface area contributed by atoms with Crippen LogP contribution in [0, 0.1) is 11.7 Å². The second-order valence-electron chi connectivity index (χ2n) is 6.85. The van der Waals surface area contributed by atoms with Crippen LogP contribution in [0.15, 0.2) is 30.5 Å². The number of carbonyl (C=O) groups excluding carboxylic acids is 1. The fraction of sp³-hybridized carbons (Fsp3) is 0.474. The molecule has 2 heterocycles. The van der Waals surface area contributed by atoms with E-state index in [0.29, 0.717) is 42.4 Å². The number of hydrogen-bond acceptors (Lipinski definition) is 4. The van der Waals surface area contributed by atoms with Gasteiger partial charge >= 0.3 is 6.03 Å². The number of hydrogen-bond donors (Lipinski definition) is 1. The lowest BCUT2D eigenvalue weighted by atomic mass is 9.98. The first-order chi connectivity index (χ1) is 12.5. The normalized spacial score (nSPS) is 15.3. The van der Waals surface area contributed by atoms with E-state index in [1.54, 1.807) is 12.1 Å². The van der Waals surface area contributed by atoms with Crippen molar-refractivity contribution in [2.75, 3.05) is 25.0 Å². The largest absolute Gasteiger partial charge is 0.493 e. The van der Waals surface area contributed by atoms with Gasteiger partial charge in [0.1, 0.15) is 11.6 Å². The summed E-state index contributed by atoms with van der Waals surface area (Å²) < 4.78 is 18.6. The SMILES string of the molecule is CC(C)c1cnc(NC(=O)N2CCC(COc3ccc(F)cc3)CC2)s1. The quantitative estimate of drug-likeness (QED) is 0.820. The average Bonchev–Trinajstić information content (AvgIpc) is 3.10. The Morgan fingerprint density at radius 2 is 2.04 bits per heavy atom. The number of halogens is 1. The van der Waals surface area contributed by atoms with E-state index in [0.717, 1.165) is 17.7 Å². The maximum Gasteiger partial charge on any atom is 0.323 e. The van der Waals surface area contributed by atoms with Crippen molar-refractivity contribution >= 4 is 22.5 Å². The van der Waals surface area contributed by atoms with Crippen molar-refractivity contribution in [2.24, 2.45) is 5.92 Å². The first kappa shape index (κ1) is 18.6. The first-order valence-electron chi connectivity index (χ1n) is 8.91. The van der Waals surface area contributed by atoms with Gasteiger partial charge in [0.2, 0.25) is 0 Å². The van der Waals surface area contributed by atoms with Crippen LogP contribution in [0.5, 0.6) is 5.75 Å². The van der Waals surface area contributed by atoms with Crippen LogP contribution in [0.4, 0.5) is 14.3 Å². The molecule has 0 aliphatic carbocycles. The van der Waals surface area contributed by atoms with Crippen molar-refractivity contribution in [3.05, 3.63) is 41.2 Å². The highest BCUT2D eigenvalue weighted by atomic mass is 32.1. The molecule has 1 aromatic heterocycles. The van der Waals surface area contributed by atoms with Crippen LogP contribution in [-0.4, -0.2) is 35.6 Å². The fourth-order valence-electron chi connectivity index (χ4n) is 2.83. The molecule has 1 fully saturated rings. The highest BCUT2D eigenvalue weighted by Gasteiger charge is 2.24. The lowest BCUT2D eigenvalue weighted by molar-refractivity contribution is 0.152. The summed E-state index contributed by atoms with van der Waals surface area (Å²) in [5.74, 6) is 1.22. The molecule has 7 heteroatoms. The van der Waals surface area contributed by atoms with E-state index >= 15 is 0 Å². The Morgan fingerprint density at radius 3 is 2.65 bits per heavy atom. The van der Waals surface area contributed by atoms with Crippen LogP contribution in [0.1, 0.15) is 37.5 Å². The van der Waals surface area contributed by atoms with E-state index in [9.17, 15) is 9.18 Å². The Bertz CT molecular complexity index is 725. The molecule has 0 unspecified atom stereocenters. The molecule has 1 aliphatic heterocycles. The number of rotatable bonds is 5. The highest BCUT2D eigenvalue weighted by Crippen LogP contribution is 2.26. The van der Waals surface area contributed by atoms with Crippen molar-refractivity contribution in [1.29, 1.82) is 0 Å². The molecule has 0 saturated carbocycles. The summed E-state index contributed by atoms with van der Waals surface area (Å²) in [5, 5.41) is 3.55. The molecule has 0 spiro atoms. The van der Waals surface area contributed by atoms with Crippen LogP contribution in [0.25, 0.3) is 0 Å². The molecule has 0 atom stereocenters. The van der Waals surface area contributed by atoms with Gasteiger partial charge in [-0.3, -0.25) is 5.32 Å². The fourth-order valence-corrected chi connectivity index (χ4v) is 3.64. The van der Waals surface area contributed by atoms with E-state index in [-0.39, 0.29) is 11.8 Å². The van der Waals surface area contributed by atoms with E-state index in [1.807, 2.05) is 11.1 Å². The molecule has 2 aromatic rings. The van der Waals surface area contributed by atoms with Gasteiger partial charge in [-0.2, -0.15) is 0 Å². The lowest BCUT2D eigenvalue weighted by Crippen LogP contribution is -2.42. The number of aromatic nitrogens is 1. The third-order valence-corrected chi connectivity index (χ3v) is 5.72. The Morgan fingerprint density at radius 1 is 1.35 bits per heavy atom. The van der Waals surface area contributed by atoms with Gasteiger partial charge in [-0.1, -0.05) is 13.8 Å². The van der Waals surface area contributed by atoms with Crippen LogP contribution in [0.3, 0.4) is 0 Å². The summed E-state index contributed by atoms with van der Waals surface area (Å²) in [5.41, 5.74) is 0. The molecule has 5 nitrogen and oxygen atoms in total. The van der Waals surface area contributed by atoms with Crippen molar-refractivity contribution in [2.45, 2.75) is 32.6 Å². The zero-order valence-electron chi connectivity index (χ0n) is 15.1. The van der Waals surface area contributed by atoms with Gasteiger partial charge in [0.05, 0.1) is 6.61 Å². The molecule has 0 radical (unpaired) electrons. The second kappa shape index (κ2) is 8.49. The molecule has 3 rings (SSSR count). The number of likely N-dealkylation sites (tertiary alicyclic amines) is 1. The van der Waals surface area contributed by atoms with Gasteiger partial charge in [-0.25, -0.2) is 14.2 Å². The number of thiazole rings is 1. The summed E-state index contributed by atoms with van der Waals surface area (Å²) in [4.78, 5) is 19.6. The summed E-state index contributed by atoms with van der Waals surface area (Å²) in [7, 11) is 0. The standard InChI is InChI=1S/C19H24FN3O2S/c1-13(2)17-11-21-18(26-17)22-19(24)23-9-7-14(8-10-23)12-25-16-5-3-15(20)4-6-16/h3-6,11,13-14H,7-10,12H2,1-2H3,(H,21,22,24). The van der Waals surface area contributed by atoms with Gasteiger partial charge < -0.3 is 9.64 Å². The number of benzene rings is 1. The number of ether oxygens (including phenoxy) is 1. The predicted molar refractivity (Wildman–Crippen MR) is 101 cm³/mol. The zero-order chi connectivity index (χ0) is 18.5. The maximum atomic E-state index is 12.9. The van der Waals surface area contributed by atoms with Crippen LogP contribution >= 0.6 is 11.3 Å². The molecule has 1 saturated heterocycles. The number of urea groups is 1.